The second kappa shape index (κ2) is 40.1. The minimum Gasteiger partial charge on any atom is -0.379 e. The first-order chi connectivity index (χ1) is 33.8. The summed E-state index contributed by atoms with van der Waals surface area (Å²) in [5, 5.41) is 4.91. The first-order valence-corrected chi connectivity index (χ1v) is 24.5. The lowest BCUT2D eigenvalue weighted by Crippen LogP contribution is -2.54. The summed E-state index contributed by atoms with van der Waals surface area (Å²) in [5.41, 5.74) is 0.377. The van der Waals surface area contributed by atoms with Crippen LogP contribution in [0.5, 0.6) is 0 Å². The Labute approximate surface area is 407 Å². The van der Waals surface area contributed by atoms with Gasteiger partial charge in [-0.1, -0.05) is 32.8 Å². The first-order valence-electron chi connectivity index (χ1n) is 24.5. The van der Waals surface area contributed by atoms with E-state index in [9.17, 15) is 24.0 Å². The highest BCUT2D eigenvalue weighted by Crippen LogP contribution is 2.32. The number of imide groups is 2. The Balaban J connectivity index is 0.952. The van der Waals surface area contributed by atoms with E-state index in [1.54, 1.807) is 12.1 Å². The van der Waals surface area contributed by atoms with Crippen LogP contribution in [0.25, 0.3) is 0 Å². The van der Waals surface area contributed by atoms with Crippen molar-refractivity contribution in [1.29, 1.82) is 0 Å². The van der Waals surface area contributed by atoms with Gasteiger partial charge in [0.2, 0.25) is 17.7 Å². The summed E-state index contributed by atoms with van der Waals surface area (Å²) in [6.07, 6.45) is 3.55. The molecule has 2 unspecified atom stereocenters. The molecule has 21 nitrogen and oxygen atoms in total. The van der Waals surface area contributed by atoms with Crippen LogP contribution in [0.4, 0.5) is 5.69 Å². The van der Waals surface area contributed by atoms with Crippen molar-refractivity contribution in [3.05, 3.63) is 29.3 Å². The molecule has 2 aliphatic heterocycles. The topological polar surface area (TPSA) is 233 Å². The Kier molecular flexibility index (Phi) is 34.7. The van der Waals surface area contributed by atoms with Crippen LogP contribution < -0.4 is 10.6 Å². The molecule has 21 heteroatoms. The van der Waals surface area contributed by atoms with Crippen molar-refractivity contribution in [3.63, 3.8) is 0 Å². The SMILES string of the molecule is CCC(C)COCCOCCOCCOCCOCCOCCOCCOCCOCCOCCOCCOCCOCCCCCC(=O)Nc1cccc2c1C(=O)N(C1CCC(=O)NC1=O)C2=O. The number of nitrogens with one attached hydrogen (secondary N) is 2. The lowest BCUT2D eigenvalue weighted by molar-refractivity contribution is -0.136. The van der Waals surface area contributed by atoms with E-state index >= 15 is 0 Å². The van der Waals surface area contributed by atoms with Crippen LogP contribution in [0, 0.1) is 5.92 Å². The van der Waals surface area contributed by atoms with Crippen LogP contribution in [-0.4, -0.2) is 212 Å². The third-order valence-electron chi connectivity index (χ3n) is 10.5. The van der Waals surface area contributed by atoms with Crippen molar-refractivity contribution >= 4 is 35.2 Å². The number of fused-ring (bicyclic) bond motifs is 1. The van der Waals surface area contributed by atoms with Gasteiger partial charge in [0.25, 0.3) is 11.8 Å². The van der Waals surface area contributed by atoms with Gasteiger partial charge in [-0.3, -0.25) is 34.2 Å². The number of piperidine rings is 1. The molecule has 2 aliphatic rings. The smallest absolute Gasteiger partial charge is 0.264 e. The zero-order valence-corrected chi connectivity index (χ0v) is 41.0. The monoisotopic (exact) mass is 986 g/mol. The summed E-state index contributed by atoms with van der Waals surface area (Å²) in [6.45, 7) is 17.4. The van der Waals surface area contributed by atoms with Gasteiger partial charge in [0.15, 0.2) is 0 Å². The molecule has 1 aromatic carbocycles. The van der Waals surface area contributed by atoms with Crippen molar-refractivity contribution in [1.82, 2.24) is 10.2 Å². The van der Waals surface area contributed by atoms with Gasteiger partial charge in [0.05, 0.1) is 175 Å². The lowest BCUT2D eigenvalue weighted by Gasteiger charge is -2.27. The number of benzene rings is 1. The van der Waals surface area contributed by atoms with Crippen molar-refractivity contribution in [3.8, 4) is 0 Å². The minimum atomic E-state index is -1.08. The third kappa shape index (κ3) is 27.6. The van der Waals surface area contributed by atoms with Crippen LogP contribution in [0.1, 0.15) is 79.5 Å². The van der Waals surface area contributed by atoms with Crippen molar-refractivity contribution in [2.24, 2.45) is 5.92 Å². The highest BCUT2D eigenvalue weighted by molar-refractivity contribution is 6.26. The summed E-state index contributed by atoms with van der Waals surface area (Å²) in [7, 11) is 0. The van der Waals surface area contributed by atoms with E-state index in [1.807, 2.05) is 0 Å². The maximum absolute atomic E-state index is 13.2. The van der Waals surface area contributed by atoms with E-state index in [0.29, 0.717) is 178 Å². The number of carbonyl (C=O) groups excluding carboxylic acids is 5. The van der Waals surface area contributed by atoms with Gasteiger partial charge in [0.1, 0.15) is 6.04 Å². The Hall–Kier alpha value is -3.55. The summed E-state index contributed by atoms with van der Waals surface area (Å²) in [4.78, 5) is 63.7. The maximum Gasteiger partial charge on any atom is 0.264 e. The molecule has 0 radical (unpaired) electrons. The molecule has 69 heavy (non-hydrogen) atoms. The first kappa shape index (κ1) is 59.8. The Morgan fingerprint density at radius 1 is 0.565 bits per heavy atom. The second-order valence-electron chi connectivity index (χ2n) is 16.0. The average molecular weight is 986 g/mol. The molecule has 2 atom stereocenters. The van der Waals surface area contributed by atoms with Crippen molar-refractivity contribution < 1.29 is 85.6 Å². The van der Waals surface area contributed by atoms with E-state index in [2.05, 4.69) is 24.5 Å². The molecule has 1 fully saturated rings. The van der Waals surface area contributed by atoms with Gasteiger partial charge in [-0.25, -0.2) is 0 Å². The fourth-order valence-electron chi connectivity index (χ4n) is 6.54. The molecule has 394 valence electrons. The largest absolute Gasteiger partial charge is 0.379 e. The normalized spacial score (nSPS) is 15.3. The number of carbonyl (C=O) groups is 5. The van der Waals surface area contributed by atoms with Gasteiger partial charge in [0, 0.05) is 26.1 Å². The van der Waals surface area contributed by atoms with Crippen LogP contribution >= 0.6 is 0 Å². The van der Waals surface area contributed by atoms with Crippen molar-refractivity contribution in [2.75, 3.05) is 177 Å². The summed E-state index contributed by atoms with van der Waals surface area (Å²) < 4.78 is 71.7. The predicted octanol–water partition coefficient (Wildman–Crippen LogP) is 2.85. The number of nitrogens with zero attached hydrogens (tertiary/aromatic N) is 1. The summed E-state index contributed by atoms with van der Waals surface area (Å²) in [5.74, 6) is -2.14. The lowest BCUT2D eigenvalue weighted by atomic mass is 10.0. The summed E-state index contributed by atoms with van der Waals surface area (Å²) in [6, 6.07) is 3.53. The fourth-order valence-corrected chi connectivity index (χ4v) is 6.54. The van der Waals surface area contributed by atoms with E-state index in [1.165, 1.54) is 6.07 Å². The second-order valence-corrected chi connectivity index (χ2v) is 16.0. The quantitative estimate of drug-likeness (QED) is 0.0706. The third-order valence-corrected chi connectivity index (χ3v) is 10.5. The van der Waals surface area contributed by atoms with Gasteiger partial charge in [-0.15, -0.1) is 0 Å². The number of hydrogen-bond acceptors (Lipinski definition) is 18. The molecule has 1 saturated heterocycles. The van der Waals surface area contributed by atoms with E-state index in [-0.39, 0.29) is 42.0 Å². The molecular formula is C48H79N3O18. The standard InChI is InChI=1S/C48H79N3O18/c1-3-39(2)38-69-37-36-68-35-34-67-33-32-66-31-30-65-29-28-64-27-26-63-25-24-62-23-22-61-21-20-60-19-18-59-17-16-58-15-14-57-13-6-4-5-10-43(52)49-41-9-7-8-40-45(41)48(56)51(47(40)55)42-11-12-44(53)50-46(42)54/h7-9,39,42H,3-6,10-38H2,1-2H3,(H,49,52)(H,50,53,54). The Morgan fingerprint density at radius 2 is 0.971 bits per heavy atom. The van der Waals surface area contributed by atoms with Crippen molar-refractivity contribution in [2.45, 2.75) is 64.8 Å². The molecule has 2 N–H and O–H groups in total. The molecular weight excluding hydrogens is 907 g/mol. The molecule has 0 aliphatic carbocycles. The number of anilines is 1. The molecule has 2 heterocycles. The number of ether oxygens (including phenoxy) is 13. The average Bonchev–Trinajstić information content (AvgIpc) is 3.60. The number of hydrogen-bond donors (Lipinski definition) is 2. The molecule has 0 saturated carbocycles. The van der Waals surface area contributed by atoms with Crippen LogP contribution in [0.2, 0.25) is 0 Å². The van der Waals surface area contributed by atoms with E-state index < -0.39 is 29.7 Å². The minimum absolute atomic E-state index is 0.0261. The Morgan fingerprint density at radius 3 is 1.38 bits per heavy atom. The molecule has 5 amide bonds. The highest BCUT2D eigenvalue weighted by atomic mass is 16.6. The highest BCUT2D eigenvalue weighted by Gasteiger charge is 2.45. The van der Waals surface area contributed by atoms with Gasteiger partial charge >= 0.3 is 0 Å². The number of amides is 5. The fraction of sp³-hybridized carbons (Fsp3) is 0.771. The van der Waals surface area contributed by atoms with E-state index in [0.717, 1.165) is 30.8 Å². The van der Waals surface area contributed by atoms with Crippen LogP contribution in [0.3, 0.4) is 0 Å². The zero-order valence-electron chi connectivity index (χ0n) is 41.0. The summed E-state index contributed by atoms with van der Waals surface area (Å²) >= 11 is 0. The molecule has 3 rings (SSSR count). The maximum atomic E-state index is 13.2. The number of unbranched alkanes of at least 4 members (excludes halogenated alkanes) is 2. The molecule has 1 aromatic rings. The van der Waals surface area contributed by atoms with E-state index in [4.69, 9.17) is 61.6 Å². The van der Waals surface area contributed by atoms with Gasteiger partial charge in [-0.2, -0.15) is 0 Å². The molecule has 0 bridgehead atoms. The Bertz CT molecular complexity index is 1560. The van der Waals surface area contributed by atoms with Crippen LogP contribution in [0.15, 0.2) is 18.2 Å². The molecule has 0 spiro atoms. The van der Waals surface area contributed by atoms with Crippen LogP contribution in [-0.2, 0) is 76.0 Å². The molecule has 0 aromatic heterocycles. The zero-order chi connectivity index (χ0) is 49.4. The number of rotatable bonds is 47. The van der Waals surface area contributed by atoms with Gasteiger partial charge in [-0.05, 0) is 37.3 Å². The van der Waals surface area contributed by atoms with Gasteiger partial charge < -0.3 is 66.9 Å². The predicted molar refractivity (Wildman–Crippen MR) is 250 cm³/mol.